The van der Waals surface area contributed by atoms with Crippen molar-refractivity contribution in [3.63, 3.8) is 0 Å². The van der Waals surface area contributed by atoms with E-state index in [4.69, 9.17) is 16.6 Å². The minimum Gasteiger partial charge on any atom is -0.394 e. The number of imidazole rings is 1. The van der Waals surface area contributed by atoms with Gasteiger partial charge >= 0.3 is 0 Å². The third-order valence-corrected chi connectivity index (χ3v) is 7.80. The van der Waals surface area contributed by atoms with E-state index in [1.807, 2.05) is 0 Å². The summed E-state index contributed by atoms with van der Waals surface area (Å²) in [6, 6.07) is 6.86. The number of aromatic amines is 1. The van der Waals surface area contributed by atoms with E-state index in [0.29, 0.717) is 22.4 Å². The first-order valence-electron chi connectivity index (χ1n) is 10.3. The first-order valence-corrected chi connectivity index (χ1v) is 13.3. The predicted octanol–water partition coefficient (Wildman–Crippen LogP) is -0.724. The topological polar surface area (TPSA) is 244 Å². The maximum atomic E-state index is 13.0. The number of hydrogen-bond donors (Lipinski definition) is 6. The number of nitrogens with zero attached hydrogens (tertiary/aromatic N) is 4. The van der Waals surface area contributed by atoms with Crippen LogP contribution in [0.4, 0.5) is 0 Å². The van der Waals surface area contributed by atoms with Crippen molar-refractivity contribution in [2.45, 2.75) is 15.8 Å². The number of para-hydroxylation sites is 1. The van der Waals surface area contributed by atoms with Crippen LogP contribution in [0.5, 0.6) is 0 Å². The number of rotatable bonds is 9. The van der Waals surface area contributed by atoms with E-state index in [2.05, 4.69) is 29.9 Å². The molecule has 1 aromatic heterocycles. The number of benzene rings is 2. The molecule has 0 bridgehead atoms. The number of H-pyrrole nitrogens is 1. The fourth-order valence-corrected chi connectivity index (χ4v) is 6.31. The SMILES string of the molecule is NCCNS(=O)(=O)c1ccc(-c2cccc3[nH]c([C@@H](N)CO)nc23)c(C2=NCN=N2)c1S(N)(=O)=O. The van der Waals surface area contributed by atoms with Crippen molar-refractivity contribution < 1.29 is 21.9 Å². The van der Waals surface area contributed by atoms with Gasteiger partial charge in [0.1, 0.15) is 15.6 Å². The smallest absolute Gasteiger partial charge is 0.241 e. The summed E-state index contributed by atoms with van der Waals surface area (Å²) in [6.45, 7) is -0.543. The van der Waals surface area contributed by atoms with Crippen LogP contribution in [0.3, 0.4) is 0 Å². The summed E-state index contributed by atoms with van der Waals surface area (Å²) in [5.41, 5.74) is 12.8. The molecule has 0 saturated heterocycles. The largest absolute Gasteiger partial charge is 0.394 e. The van der Waals surface area contributed by atoms with E-state index >= 15 is 0 Å². The van der Waals surface area contributed by atoms with Gasteiger partial charge in [-0.05, 0) is 17.7 Å². The molecule has 9 N–H and O–H groups in total. The Balaban J connectivity index is 2.08. The number of aliphatic hydroxyl groups is 1. The Labute approximate surface area is 200 Å². The fraction of sp³-hybridized carbons (Fsp3) is 0.263. The molecule has 1 aliphatic rings. The summed E-state index contributed by atoms with van der Waals surface area (Å²) in [5, 5.41) is 22.6. The summed E-state index contributed by atoms with van der Waals surface area (Å²) in [7, 11) is -8.94. The Morgan fingerprint density at radius 1 is 1.14 bits per heavy atom. The maximum absolute atomic E-state index is 13.0. The second kappa shape index (κ2) is 9.50. The molecule has 186 valence electrons. The van der Waals surface area contributed by atoms with Gasteiger partial charge in [-0.15, -0.1) is 5.11 Å². The van der Waals surface area contributed by atoms with E-state index in [-0.39, 0.29) is 43.3 Å². The Bertz CT molecular complexity index is 1560. The average Bonchev–Trinajstić information content (AvgIpc) is 3.50. The maximum Gasteiger partial charge on any atom is 0.241 e. The Kier molecular flexibility index (Phi) is 6.78. The molecular weight excluding hydrogens is 498 g/mol. The molecule has 1 atom stereocenters. The molecule has 14 nitrogen and oxygen atoms in total. The van der Waals surface area contributed by atoms with Gasteiger partial charge in [0.2, 0.25) is 20.0 Å². The first-order chi connectivity index (χ1) is 16.6. The highest BCUT2D eigenvalue weighted by Gasteiger charge is 2.33. The van der Waals surface area contributed by atoms with Gasteiger partial charge in [-0.1, -0.05) is 18.2 Å². The second-order valence-electron chi connectivity index (χ2n) is 7.52. The highest BCUT2D eigenvalue weighted by atomic mass is 32.2. The second-order valence-corrected chi connectivity index (χ2v) is 10.8. The van der Waals surface area contributed by atoms with Crippen LogP contribution < -0.4 is 21.3 Å². The van der Waals surface area contributed by atoms with Gasteiger partial charge in [0.25, 0.3) is 0 Å². The molecule has 0 amide bonds. The molecule has 3 aromatic rings. The van der Waals surface area contributed by atoms with Crippen molar-refractivity contribution in [1.82, 2.24) is 14.7 Å². The van der Waals surface area contributed by atoms with Gasteiger partial charge in [-0.3, -0.25) is 0 Å². The molecule has 0 unspecified atom stereocenters. The number of azo groups is 1. The quantitative estimate of drug-likeness (QED) is 0.209. The zero-order chi connectivity index (χ0) is 25.4. The van der Waals surface area contributed by atoms with Crippen molar-refractivity contribution >= 4 is 36.9 Å². The number of nitrogens with two attached hydrogens (primary N) is 3. The van der Waals surface area contributed by atoms with Crippen molar-refractivity contribution in [2.24, 2.45) is 31.8 Å². The Hall–Kier alpha value is -3.12. The van der Waals surface area contributed by atoms with Crippen LogP contribution in [0.15, 0.2) is 55.3 Å². The number of aliphatic imine (C=N–C) groups is 1. The zero-order valence-electron chi connectivity index (χ0n) is 18.2. The molecule has 4 rings (SSSR count). The van der Waals surface area contributed by atoms with Crippen molar-refractivity contribution in [1.29, 1.82) is 0 Å². The number of aliphatic hydroxyl groups excluding tert-OH is 1. The van der Waals surface area contributed by atoms with E-state index in [1.54, 1.807) is 18.2 Å². The Morgan fingerprint density at radius 2 is 1.91 bits per heavy atom. The summed E-state index contributed by atoms with van der Waals surface area (Å²) in [6.07, 6.45) is 0. The van der Waals surface area contributed by atoms with Gasteiger partial charge in [-0.2, -0.15) is 5.11 Å². The van der Waals surface area contributed by atoms with Gasteiger partial charge in [0.15, 0.2) is 12.5 Å². The number of amidine groups is 1. The summed E-state index contributed by atoms with van der Waals surface area (Å²) in [5.74, 6) is 0.214. The van der Waals surface area contributed by atoms with Crippen LogP contribution in [0, 0.1) is 0 Å². The molecule has 1 aliphatic heterocycles. The molecule has 0 fully saturated rings. The molecule has 0 radical (unpaired) electrons. The fourth-order valence-electron chi connectivity index (χ4n) is 3.66. The number of fused-ring (bicyclic) bond motifs is 1. The molecule has 0 spiro atoms. The normalized spacial score (nSPS) is 15.0. The number of hydrogen-bond acceptors (Lipinski definition) is 11. The predicted molar refractivity (Wildman–Crippen MR) is 127 cm³/mol. The van der Waals surface area contributed by atoms with E-state index in [9.17, 15) is 21.9 Å². The zero-order valence-corrected chi connectivity index (χ0v) is 19.8. The third-order valence-electron chi connectivity index (χ3n) is 5.17. The molecule has 2 heterocycles. The molecular formula is C19H23N9O5S2. The van der Waals surface area contributed by atoms with Gasteiger partial charge in [-0.25, -0.2) is 36.7 Å². The number of nitrogens with one attached hydrogen (secondary N) is 2. The minimum absolute atomic E-state index is 0.00470. The van der Waals surface area contributed by atoms with Crippen LogP contribution in [0.1, 0.15) is 17.4 Å². The summed E-state index contributed by atoms with van der Waals surface area (Å²) >= 11 is 0. The van der Waals surface area contributed by atoms with Crippen LogP contribution in [0.2, 0.25) is 0 Å². The van der Waals surface area contributed by atoms with Crippen molar-refractivity contribution in [3.05, 3.63) is 41.7 Å². The van der Waals surface area contributed by atoms with Gasteiger partial charge in [0, 0.05) is 18.7 Å². The number of sulfonamides is 2. The van der Waals surface area contributed by atoms with Crippen molar-refractivity contribution in [2.75, 3.05) is 26.4 Å². The van der Waals surface area contributed by atoms with E-state index in [0.717, 1.165) is 6.07 Å². The Morgan fingerprint density at radius 3 is 2.54 bits per heavy atom. The number of primary sulfonamides is 1. The molecule has 35 heavy (non-hydrogen) atoms. The lowest BCUT2D eigenvalue weighted by molar-refractivity contribution is 0.264. The van der Waals surface area contributed by atoms with Crippen LogP contribution in [-0.4, -0.2) is 64.1 Å². The summed E-state index contributed by atoms with van der Waals surface area (Å²) in [4.78, 5) is 10.4. The third kappa shape index (κ3) is 4.72. The monoisotopic (exact) mass is 521 g/mol. The van der Waals surface area contributed by atoms with Crippen LogP contribution in [-0.2, 0) is 20.0 Å². The molecule has 0 aliphatic carbocycles. The highest BCUT2D eigenvalue weighted by Crippen LogP contribution is 2.37. The molecule has 2 aromatic carbocycles. The van der Waals surface area contributed by atoms with E-state index < -0.39 is 35.9 Å². The average molecular weight is 522 g/mol. The van der Waals surface area contributed by atoms with Crippen molar-refractivity contribution in [3.8, 4) is 11.1 Å². The van der Waals surface area contributed by atoms with Crippen LogP contribution >= 0.6 is 0 Å². The van der Waals surface area contributed by atoms with E-state index in [1.165, 1.54) is 6.07 Å². The summed E-state index contributed by atoms with van der Waals surface area (Å²) < 4.78 is 53.8. The standard InChI is InChI=1S/C19H23N9O5S2/c20-6-7-25-35(32,33)14-5-4-10(15(17(14)34(22,30)31)19-23-9-24-28-19)11-2-1-3-13-16(11)27-18(26-13)12(21)8-29/h1-5,12,25,29H,6-9,20-21H2,(H,26,27)(H2,22,30,31)/t12-/m0/s1. The first kappa shape index (κ1) is 25.0. The molecule has 0 saturated carbocycles. The highest BCUT2D eigenvalue weighted by molar-refractivity contribution is 7.92. The lowest BCUT2D eigenvalue weighted by atomic mass is 9.97. The molecule has 16 heteroatoms. The minimum atomic E-state index is -4.62. The lowest BCUT2D eigenvalue weighted by Crippen LogP contribution is -2.31. The van der Waals surface area contributed by atoms with Gasteiger partial charge < -0.3 is 21.6 Å². The number of aromatic nitrogens is 2. The van der Waals surface area contributed by atoms with Gasteiger partial charge in [0.05, 0.1) is 29.2 Å². The lowest BCUT2D eigenvalue weighted by Gasteiger charge is -2.17. The van der Waals surface area contributed by atoms with Crippen LogP contribution in [0.25, 0.3) is 22.2 Å².